The van der Waals surface area contributed by atoms with Gasteiger partial charge >= 0.3 is 0 Å². The Morgan fingerprint density at radius 2 is 2.24 bits per heavy atom. The van der Waals surface area contributed by atoms with Gasteiger partial charge in [0, 0.05) is 25.6 Å². The maximum Gasteiger partial charge on any atom is 0.158 e. The van der Waals surface area contributed by atoms with Gasteiger partial charge in [0.15, 0.2) is 11.6 Å². The van der Waals surface area contributed by atoms with Crippen LogP contribution in [0.5, 0.6) is 0 Å². The molecular weight excluding hydrogens is 219 g/mol. The first kappa shape index (κ1) is 11.7. The predicted molar refractivity (Wildman–Crippen MR) is 64.0 cm³/mol. The minimum absolute atomic E-state index is 0.262. The van der Waals surface area contributed by atoms with Gasteiger partial charge in [-0.3, -0.25) is 0 Å². The molecule has 1 N–H and O–H groups in total. The summed E-state index contributed by atoms with van der Waals surface area (Å²) in [6, 6.07) is 6.38. The van der Waals surface area contributed by atoms with Crippen molar-refractivity contribution in [3.63, 3.8) is 0 Å². The molecule has 0 saturated carbocycles. The van der Waals surface area contributed by atoms with E-state index in [1.807, 2.05) is 20.2 Å². The molecule has 2 aromatic rings. The molecule has 90 valence electrons. The molecule has 0 aliphatic rings. The average molecular weight is 234 g/mol. The van der Waals surface area contributed by atoms with Crippen molar-refractivity contribution in [1.29, 1.82) is 0 Å². The van der Waals surface area contributed by atoms with Crippen molar-refractivity contribution in [2.45, 2.75) is 6.42 Å². The summed E-state index contributed by atoms with van der Waals surface area (Å²) >= 11 is 0. The van der Waals surface area contributed by atoms with Gasteiger partial charge in [0.1, 0.15) is 5.82 Å². The van der Waals surface area contributed by atoms with Gasteiger partial charge < -0.3 is 5.32 Å². The molecule has 0 aliphatic carbocycles. The highest BCUT2D eigenvalue weighted by atomic mass is 19.1. The Kier molecular flexibility index (Phi) is 3.49. The van der Waals surface area contributed by atoms with Crippen LogP contribution in [0.2, 0.25) is 0 Å². The van der Waals surface area contributed by atoms with E-state index in [0.717, 1.165) is 24.4 Å². The van der Waals surface area contributed by atoms with Gasteiger partial charge in [-0.2, -0.15) is 5.10 Å². The van der Waals surface area contributed by atoms with Crippen LogP contribution in [0.15, 0.2) is 24.3 Å². The molecule has 1 aromatic heterocycles. The molecule has 17 heavy (non-hydrogen) atoms. The van der Waals surface area contributed by atoms with E-state index in [1.165, 1.54) is 12.1 Å². The molecule has 0 spiro atoms. The van der Waals surface area contributed by atoms with Crippen LogP contribution in [0.1, 0.15) is 5.82 Å². The zero-order chi connectivity index (χ0) is 12.3. The summed E-state index contributed by atoms with van der Waals surface area (Å²) in [6.07, 6.45) is 0.764. The molecule has 0 saturated heterocycles. The molecule has 0 bridgehead atoms. The molecule has 0 atom stereocenters. The van der Waals surface area contributed by atoms with Gasteiger partial charge in [0.05, 0.1) is 0 Å². The fourth-order valence-corrected chi connectivity index (χ4v) is 1.66. The highest BCUT2D eigenvalue weighted by Gasteiger charge is 2.09. The van der Waals surface area contributed by atoms with E-state index in [4.69, 9.17) is 0 Å². The van der Waals surface area contributed by atoms with Crippen molar-refractivity contribution >= 4 is 0 Å². The second kappa shape index (κ2) is 5.05. The molecule has 4 nitrogen and oxygen atoms in total. The molecule has 0 unspecified atom stereocenters. The Morgan fingerprint density at radius 1 is 1.41 bits per heavy atom. The van der Waals surface area contributed by atoms with Gasteiger partial charge in [0.25, 0.3) is 0 Å². The maximum absolute atomic E-state index is 13.1. The number of halogens is 1. The molecule has 1 aromatic carbocycles. The third-order valence-electron chi connectivity index (χ3n) is 2.49. The average Bonchev–Trinajstić information content (AvgIpc) is 2.68. The number of benzene rings is 1. The monoisotopic (exact) mass is 234 g/mol. The number of rotatable bonds is 4. The Bertz CT molecular complexity index is 507. The first-order valence-corrected chi connectivity index (χ1v) is 5.51. The van der Waals surface area contributed by atoms with Crippen LogP contribution in [-0.2, 0) is 13.5 Å². The number of nitrogens with one attached hydrogen (secondary N) is 1. The number of nitrogens with zero attached hydrogens (tertiary/aromatic N) is 3. The molecule has 0 amide bonds. The van der Waals surface area contributed by atoms with Crippen LogP contribution in [-0.4, -0.2) is 28.4 Å². The Balaban J connectivity index is 2.29. The molecule has 1 heterocycles. The van der Waals surface area contributed by atoms with E-state index < -0.39 is 0 Å². The summed E-state index contributed by atoms with van der Waals surface area (Å²) in [5, 5.41) is 7.34. The lowest BCUT2D eigenvalue weighted by molar-refractivity contribution is 0.628. The molecule has 0 fully saturated rings. The highest BCUT2D eigenvalue weighted by molar-refractivity contribution is 5.54. The highest BCUT2D eigenvalue weighted by Crippen LogP contribution is 2.17. The smallest absolute Gasteiger partial charge is 0.158 e. The van der Waals surface area contributed by atoms with E-state index in [1.54, 1.807) is 10.7 Å². The summed E-state index contributed by atoms with van der Waals surface area (Å²) in [5.74, 6) is 1.19. The lowest BCUT2D eigenvalue weighted by Gasteiger charge is -1.99. The lowest BCUT2D eigenvalue weighted by Crippen LogP contribution is -2.11. The van der Waals surface area contributed by atoms with E-state index in [9.17, 15) is 4.39 Å². The molecule has 0 radical (unpaired) electrons. The fourth-order valence-electron chi connectivity index (χ4n) is 1.66. The SMILES string of the molecule is CNCCc1nc(-c2cccc(F)c2)n(C)n1. The predicted octanol–water partition coefficient (Wildman–Crippen LogP) is 1.38. The Labute approximate surface area is 99.5 Å². The van der Waals surface area contributed by atoms with Crippen molar-refractivity contribution in [3.05, 3.63) is 35.9 Å². The van der Waals surface area contributed by atoms with Crippen molar-refractivity contribution in [2.75, 3.05) is 13.6 Å². The summed E-state index contributed by atoms with van der Waals surface area (Å²) < 4.78 is 14.8. The first-order chi connectivity index (χ1) is 8.20. The van der Waals surface area contributed by atoms with Crippen LogP contribution < -0.4 is 5.32 Å². The zero-order valence-electron chi connectivity index (χ0n) is 9.94. The van der Waals surface area contributed by atoms with Gasteiger partial charge in [0.2, 0.25) is 0 Å². The summed E-state index contributed by atoms with van der Waals surface area (Å²) in [6.45, 7) is 0.826. The largest absolute Gasteiger partial charge is 0.319 e. The second-order valence-electron chi connectivity index (χ2n) is 3.84. The number of likely N-dealkylation sites (N-methyl/N-ethyl adjacent to an activating group) is 1. The van der Waals surface area contributed by atoms with Crippen LogP contribution in [0.3, 0.4) is 0 Å². The molecule has 2 rings (SSSR count). The Hall–Kier alpha value is -1.75. The number of hydrogen-bond acceptors (Lipinski definition) is 3. The van der Waals surface area contributed by atoms with Crippen molar-refractivity contribution < 1.29 is 4.39 Å². The Morgan fingerprint density at radius 3 is 2.94 bits per heavy atom. The minimum Gasteiger partial charge on any atom is -0.319 e. The lowest BCUT2D eigenvalue weighted by atomic mass is 10.2. The van der Waals surface area contributed by atoms with Crippen LogP contribution in [0.25, 0.3) is 11.4 Å². The maximum atomic E-state index is 13.1. The molecule has 5 heteroatoms. The van der Waals surface area contributed by atoms with Gasteiger partial charge in [-0.15, -0.1) is 0 Å². The van der Waals surface area contributed by atoms with Crippen molar-refractivity contribution in [2.24, 2.45) is 7.05 Å². The van der Waals surface area contributed by atoms with Gasteiger partial charge in [-0.1, -0.05) is 12.1 Å². The van der Waals surface area contributed by atoms with Gasteiger partial charge in [-0.05, 0) is 19.2 Å². The van der Waals surface area contributed by atoms with E-state index >= 15 is 0 Å². The normalized spacial score (nSPS) is 10.8. The third kappa shape index (κ3) is 2.68. The van der Waals surface area contributed by atoms with Crippen molar-refractivity contribution in [1.82, 2.24) is 20.1 Å². The molecular formula is C12H15FN4. The number of aryl methyl sites for hydroxylation is 1. The van der Waals surface area contributed by atoms with Gasteiger partial charge in [-0.25, -0.2) is 14.1 Å². The van der Waals surface area contributed by atoms with Crippen molar-refractivity contribution in [3.8, 4) is 11.4 Å². The quantitative estimate of drug-likeness (QED) is 0.869. The summed E-state index contributed by atoms with van der Waals surface area (Å²) in [5.41, 5.74) is 0.746. The summed E-state index contributed by atoms with van der Waals surface area (Å²) in [4.78, 5) is 4.40. The van der Waals surface area contributed by atoms with E-state index in [0.29, 0.717) is 5.82 Å². The summed E-state index contributed by atoms with van der Waals surface area (Å²) in [7, 11) is 3.70. The molecule has 0 aliphatic heterocycles. The minimum atomic E-state index is -0.262. The second-order valence-corrected chi connectivity index (χ2v) is 3.84. The third-order valence-corrected chi connectivity index (χ3v) is 2.49. The number of aromatic nitrogens is 3. The topological polar surface area (TPSA) is 42.7 Å². The number of hydrogen-bond donors (Lipinski definition) is 1. The van der Waals surface area contributed by atoms with E-state index in [2.05, 4.69) is 15.4 Å². The standard InChI is InChI=1S/C12H15FN4/c1-14-7-6-11-15-12(17(2)16-11)9-4-3-5-10(13)8-9/h3-5,8,14H,6-7H2,1-2H3. The van der Waals surface area contributed by atoms with Crippen LogP contribution >= 0.6 is 0 Å². The van der Waals surface area contributed by atoms with Crippen LogP contribution in [0, 0.1) is 5.82 Å². The fraction of sp³-hybridized carbons (Fsp3) is 0.333. The van der Waals surface area contributed by atoms with Crippen LogP contribution in [0.4, 0.5) is 4.39 Å². The zero-order valence-corrected chi connectivity index (χ0v) is 9.94. The van der Waals surface area contributed by atoms with E-state index in [-0.39, 0.29) is 5.82 Å². The first-order valence-electron chi connectivity index (χ1n) is 5.51.